The van der Waals surface area contributed by atoms with Crippen LogP contribution in [0.1, 0.15) is 35.1 Å². The summed E-state index contributed by atoms with van der Waals surface area (Å²) in [6.07, 6.45) is 1.58. The molecule has 1 heterocycles. The Labute approximate surface area is 207 Å². The molecule has 0 aromatic heterocycles. The Morgan fingerprint density at radius 1 is 1.00 bits per heavy atom. The molecule has 0 spiro atoms. The summed E-state index contributed by atoms with van der Waals surface area (Å²) in [7, 11) is 0. The number of primary amides is 1. The number of nitrogens with one attached hydrogen (secondary N) is 1. The van der Waals surface area contributed by atoms with Crippen molar-refractivity contribution >= 4 is 29.7 Å². The van der Waals surface area contributed by atoms with Gasteiger partial charge in [-0.25, -0.2) is 15.1 Å². The Bertz CT molecular complexity index is 1380. The van der Waals surface area contributed by atoms with Gasteiger partial charge in [-0.15, -0.1) is 0 Å². The smallest absolute Gasteiger partial charge is 0.332 e. The fourth-order valence-electron chi connectivity index (χ4n) is 6.36. The topological polar surface area (TPSA) is 114 Å². The lowest BCUT2D eigenvalue weighted by Crippen LogP contribution is -2.54. The van der Waals surface area contributed by atoms with Crippen LogP contribution in [0.15, 0.2) is 77.9 Å². The molecule has 8 nitrogen and oxygen atoms in total. The molecule has 3 aliphatic carbocycles. The molecule has 4 amide bonds. The third kappa shape index (κ3) is 2.87. The van der Waals surface area contributed by atoms with Gasteiger partial charge in [0, 0.05) is 12.1 Å². The van der Waals surface area contributed by atoms with Crippen LogP contribution in [0.3, 0.4) is 0 Å². The lowest BCUT2D eigenvalue weighted by atomic mass is 9.47. The van der Waals surface area contributed by atoms with Gasteiger partial charge in [0.15, 0.2) is 0 Å². The zero-order valence-corrected chi connectivity index (χ0v) is 19.5. The summed E-state index contributed by atoms with van der Waals surface area (Å²) in [5, 5.41) is 4.16. The minimum absolute atomic E-state index is 0.246. The molecular formula is C28H24N4O4. The van der Waals surface area contributed by atoms with Gasteiger partial charge in [0.05, 0.1) is 29.5 Å². The summed E-state index contributed by atoms with van der Waals surface area (Å²) in [5.74, 6) is -1.50. The molecule has 3 aromatic carbocycles. The average Bonchev–Trinajstić information content (AvgIpc) is 3.16. The first-order chi connectivity index (χ1) is 17.5. The molecule has 180 valence electrons. The van der Waals surface area contributed by atoms with E-state index in [4.69, 9.17) is 10.5 Å². The standard InChI is InChI=1S/C28H24N4O4/c1-2-36-17-13-11-16(12-14-17)32-25(33)23-22-18-7-3-5-9-20(18)28(24(23)26(32)34,15-30-31-27(29)35)21-10-6-4-8-19(21)22/h3-15,22-24H,2H2,1H3,(H3,29,31,35)/b30-15-/t22?,23-,24-,28?/m1/s1. The summed E-state index contributed by atoms with van der Waals surface area (Å²) in [6, 6.07) is 21.8. The zero-order chi connectivity index (χ0) is 25.0. The molecule has 0 unspecified atom stereocenters. The van der Waals surface area contributed by atoms with Crippen LogP contribution >= 0.6 is 0 Å². The van der Waals surface area contributed by atoms with E-state index in [0.29, 0.717) is 18.0 Å². The van der Waals surface area contributed by atoms with E-state index in [1.165, 1.54) is 4.90 Å². The van der Waals surface area contributed by atoms with E-state index in [1.807, 2.05) is 55.5 Å². The Morgan fingerprint density at radius 3 is 2.19 bits per heavy atom. The van der Waals surface area contributed by atoms with Crippen LogP contribution < -0.4 is 20.8 Å². The number of benzene rings is 3. The number of urea groups is 1. The van der Waals surface area contributed by atoms with E-state index in [2.05, 4.69) is 10.5 Å². The van der Waals surface area contributed by atoms with E-state index in [1.54, 1.807) is 30.5 Å². The number of anilines is 1. The van der Waals surface area contributed by atoms with E-state index in [9.17, 15) is 14.4 Å². The van der Waals surface area contributed by atoms with Crippen LogP contribution in [-0.4, -0.2) is 30.7 Å². The van der Waals surface area contributed by atoms with Gasteiger partial charge in [-0.05, 0) is 53.4 Å². The maximum Gasteiger partial charge on any atom is 0.332 e. The second kappa shape index (κ2) is 8.05. The molecule has 3 aromatic rings. The van der Waals surface area contributed by atoms with Gasteiger partial charge in [0.2, 0.25) is 11.8 Å². The average molecular weight is 481 g/mol. The van der Waals surface area contributed by atoms with Crippen LogP contribution in [0.5, 0.6) is 5.75 Å². The number of nitrogens with zero attached hydrogens (tertiary/aromatic N) is 2. The van der Waals surface area contributed by atoms with Crippen molar-refractivity contribution in [3.63, 3.8) is 0 Å². The van der Waals surface area contributed by atoms with Crippen molar-refractivity contribution in [1.82, 2.24) is 5.43 Å². The van der Waals surface area contributed by atoms with E-state index < -0.39 is 23.3 Å². The number of amides is 4. The number of rotatable bonds is 5. The fraction of sp³-hybridized carbons (Fsp3) is 0.214. The van der Waals surface area contributed by atoms with Crippen molar-refractivity contribution in [3.05, 3.63) is 95.1 Å². The Kier molecular flexibility index (Phi) is 4.93. The van der Waals surface area contributed by atoms with Crippen molar-refractivity contribution in [1.29, 1.82) is 0 Å². The first-order valence-corrected chi connectivity index (χ1v) is 11.9. The van der Waals surface area contributed by atoms with Gasteiger partial charge in [0.25, 0.3) is 0 Å². The van der Waals surface area contributed by atoms with Crippen LogP contribution in [0.25, 0.3) is 0 Å². The highest BCUT2D eigenvalue weighted by Crippen LogP contribution is 2.63. The number of hydrazone groups is 1. The first kappa shape index (κ1) is 22.0. The third-order valence-corrected chi connectivity index (χ3v) is 7.53. The molecule has 4 aliphatic rings. The lowest BCUT2D eigenvalue weighted by molar-refractivity contribution is -0.122. The van der Waals surface area contributed by atoms with Gasteiger partial charge in [-0.3, -0.25) is 9.59 Å². The third-order valence-electron chi connectivity index (χ3n) is 7.53. The number of hydrogen-bond donors (Lipinski definition) is 2. The SMILES string of the molecule is CCOc1ccc(N2C(=O)[C@@H]3C4c5ccccc5C(/C=N\NC(N)=O)(c5ccccc54)[C@H]3C2=O)cc1. The van der Waals surface area contributed by atoms with Crippen LogP contribution in [0, 0.1) is 11.8 Å². The molecule has 3 N–H and O–H groups in total. The fourth-order valence-corrected chi connectivity index (χ4v) is 6.36. The Hall–Kier alpha value is -4.46. The molecule has 8 heteroatoms. The molecule has 1 saturated heterocycles. The number of imide groups is 1. The van der Waals surface area contributed by atoms with E-state index >= 15 is 0 Å². The second-order valence-electron chi connectivity index (χ2n) is 9.20. The summed E-state index contributed by atoms with van der Waals surface area (Å²) >= 11 is 0. The van der Waals surface area contributed by atoms with E-state index in [-0.39, 0.29) is 17.7 Å². The Balaban J connectivity index is 1.57. The number of hydrogen-bond acceptors (Lipinski definition) is 5. The normalized spacial score (nSPS) is 25.5. The molecule has 7 rings (SSSR count). The molecule has 0 saturated carbocycles. The molecule has 36 heavy (non-hydrogen) atoms. The number of nitrogens with two attached hydrogens (primary N) is 1. The minimum Gasteiger partial charge on any atom is -0.494 e. The summed E-state index contributed by atoms with van der Waals surface area (Å²) < 4.78 is 5.53. The summed E-state index contributed by atoms with van der Waals surface area (Å²) in [5.41, 5.74) is 10.8. The molecule has 0 radical (unpaired) electrons. The maximum atomic E-state index is 14.2. The molecule has 2 bridgehead atoms. The number of ether oxygens (including phenoxy) is 1. The van der Waals surface area contributed by atoms with Gasteiger partial charge in [0.1, 0.15) is 5.75 Å². The highest BCUT2D eigenvalue weighted by Gasteiger charge is 2.68. The predicted octanol–water partition coefficient (Wildman–Crippen LogP) is 3.29. The second-order valence-corrected chi connectivity index (χ2v) is 9.20. The first-order valence-electron chi connectivity index (χ1n) is 11.9. The Morgan fingerprint density at radius 2 is 1.61 bits per heavy atom. The molecule has 1 fully saturated rings. The minimum atomic E-state index is -1.05. The highest BCUT2D eigenvalue weighted by atomic mass is 16.5. The maximum absolute atomic E-state index is 14.2. The number of carbonyl (C=O) groups is 3. The zero-order valence-electron chi connectivity index (χ0n) is 19.5. The van der Waals surface area contributed by atoms with Crippen molar-refractivity contribution in [2.45, 2.75) is 18.3 Å². The van der Waals surface area contributed by atoms with Crippen molar-refractivity contribution in [2.24, 2.45) is 22.7 Å². The van der Waals surface area contributed by atoms with Crippen LogP contribution in [0.2, 0.25) is 0 Å². The van der Waals surface area contributed by atoms with Crippen LogP contribution in [0.4, 0.5) is 10.5 Å². The van der Waals surface area contributed by atoms with Crippen LogP contribution in [-0.2, 0) is 15.0 Å². The number of carbonyl (C=O) groups excluding carboxylic acids is 3. The van der Waals surface area contributed by atoms with E-state index in [0.717, 1.165) is 22.3 Å². The van der Waals surface area contributed by atoms with Gasteiger partial charge in [-0.2, -0.15) is 5.10 Å². The van der Waals surface area contributed by atoms with Crippen molar-refractivity contribution < 1.29 is 19.1 Å². The van der Waals surface area contributed by atoms with Gasteiger partial charge in [-0.1, -0.05) is 48.5 Å². The summed E-state index contributed by atoms with van der Waals surface area (Å²) in [6.45, 7) is 2.41. The molecular weight excluding hydrogens is 456 g/mol. The van der Waals surface area contributed by atoms with Gasteiger partial charge >= 0.3 is 6.03 Å². The largest absolute Gasteiger partial charge is 0.494 e. The lowest BCUT2D eigenvalue weighted by Gasteiger charge is -2.52. The van der Waals surface area contributed by atoms with Crippen molar-refractivity contribution in [2.75, 3.05) is 11.5 Å². The molecule has 1 aliphatic heterocycles. The highest BCUT2D eigenvalue weighted by molar-refractivity contribution is 6.25. The monoisotopic (exact) mass is 480 g/mol. The predicted molar refractivity (Wildman–Crippen MR) is 134 cm³/mol. The summed E-state index contributed by atoms with van der Waals surface area (Å²) in [4.78, 5) is 40.9. The van der Waals surface area contributed by atoms with Crippen molar-refractivity contribution in [3.8, 4) is 5.75 Å². The van der Waals surface area contributed by atoms with Gasteiger partial charge < -0.3 is 10.5 Å². The quantitative estimate of drug-likeness (QED) is 0.331. The molecule has 2 atom stereocenters.